The number of methoxy groups -OCH3 is 1. The summed E-state index contributed by atoms with van der Waals surface area (Å²) in [6.07, 6.45) is 0.0813. The number of rotatable bonds is 5. The first kappa shape index (κ1) is 17.4. The normalized spacial score (nSPS) is 16.4. The fraction of sp³-hybridized carbons (Fsp3) is 0.222. The number of benzene rings is 2. The number of para-hydroxylation sites is 2. The Hall–Kier alpha value is -3.42. The quantitative estimate of drug-likeness (QED) is 0.656. The van der Waals surface area contributed by atoms with Crippen LogP contribution in [0.25, 0.3) is 0 Å². The summed E-state index contributed by atoms with van der Waals surface area (Å²) in [5.74, 6) is -0.439. The maximum atomic E-state index is 12.5. The lowest BCUT2D eigenvalue weighted by molar-refractivity contribution is -0.384. The van der Waals surface area contributed by atoms with Crippen LogP contribution in [-0.4, -0.2) is 30.4 Å². The number of hydrogen-bond acceptors (Lipinski definition) is 5. The number of anilines is 2. The van der Waals surface area contributed by atoms with Crippen molar-refractivity contribution in [1.29, 1.82) is 0 Å². The predicted octanol–water partition coefficient (Wildman–Crippen LogP) is 2.60. The van der Waals surface area contributed by atoms with Gasteiger partial charge in [-0.2, -0.15) is 0 Å². The highest BCUT2D eigenvalue weighted by Crippen LogP contribution is 2.29. The molecule has 134 valence electrons. The van der Waals surface area contributed by atoms with E-state index in [4.69, 9.17) is 4.74 Å². The van der Waals surface area contributed by atoms with E-state index in [1.807, 2.05) is 0 Å². The molecule has 0 aromatic heterocycles. The van der Waals surface area contributed by atoms with E-state index in [9.17, 15) is 19.7 Å². The van der Waals surface area contributed by atoms with Crippen molar-refractivity contribution >= 4 is 28.9 Å². The summed E-state index contributed by atoms with van der Waals surface area (Å²) in [7, 11) is 1.51. The lowest BCUT2D eigenvalue weighted by Crippen LogP contribution is -2.28. The second kappa shape index (κ2) is 7.22. The minimum Gasteiger partial charge on any atom is -0.495 e. The highest BCUT2D eigenvalue weighted by Gasteiger charge is 2.35. The van der Waals surface area contributed by atoms with Gasteiger partial charge in [0, 0.05) is 30.8 Å². The van der Waals surface area contributed by atoms with Crippen LogP contribution in [0, 0.1) is 16.0 Å². The van der Waals surface area contributed by atoms with Crippen molar-refractivity contribution in [3.63, 3.8) is 0 Å². The second-order valence-corrected chi connectivity index (χ2v) is 5.87. The number of ether oxygens (including phenoxy) is 1. The van der Waals surface area contributed by atoms with Gasteiger partial charge in [0.25, 0.3) is 5.69 Å². The molecule has 0 unspecified atom stereocenters. The topological polar surface area (TPSA) is 102 Å². The first-order valence-corrected chi connectivity index (χ1v) is 7.98. The molecule has 1 saturated heterocycles. The van der Waals surface area contributed by atoms with Crippen LogP contribution >= 0.6 is 0 Å². The first-order valence-electron chi connectivity index (χ1n) is 7.98. The summed E-state index contributed by atoms with van der Waals surface area (Å²) in [4.78, 5) is 36.5. The third kappa shape index (κ3) is 3.49. The van der Waals surface area contributed by atoms with Gasteiger partial charge in [0.05, 0.1) is 23.6 Å². The number of nitrogens with zero attached hydrogens (tertiary/aromatic N) is 2. The largest absolute Gasteiger partial charge is 0.495 e. The Balaban J connectivity index is 1.70. The number of non-ortho nitro benzene ring substituents is 1. The number of amides is 2. The van der Waals surface area contributed by atoms with Crippen LogP contribution in [0.15, 0.2) is 48.5 Å². The standard InChI is InChI=1S/C18H17N3O5/c1-26-16-5-3-2-4-15(16)19-18(23)12-10-17(22)20(11-12)13-6-8-14(9-7-13)21(24)25/h2-9,12H,10-11H2,1H3,(H,19,23)/t12-/m1/s1. The molecule has 0 aliphatic carbocycles. The van der Waals surface area contributed by atoms with Crippen LogP contribution < -0.4 is 15.0 Å². The second-order valence-electron chi connectivity index (χ2n) is 5.87. The minimum absolute atomic E-state index is 0.0501. The molecule has 0 spiro atoms. The Bertz CT molecular complexity index is 850. The summed E-state index contributed by atoms with van der Waals surface area (Å²) in [5, 5.41) is 13.5. The van der Waals surface area contributed by atoms with Gasteiger partial charge in [-0.25, -0.2) is 0 Å². The predicted molar refractivity (Wildman–Crippen MR) is 95.2 cm³/mol. The van der Waals surface area contributed by atoms with Crippen molar-refractivity contribution < 1.29 is 19.2 Å². The van der Waals surface area contributed by atoms with Crippen molar-refractivity contribution in [3.8, 4) is 5.75 Å². The maximum Gasteiger partial charge on any atom is 0.269 e. The van der Waals surface area contributed by atoms with E-state index in [1.54, 1.807) is 24.3 Å². The van der Waals surface area contributed by atoms with E-state index >= 15 is 0 Å². The number of nitro groups is 1. The third-order valence-electron chi connectivity index (χ3n) is 4.23. The molecule has 3 rings (SSSR count). The highest BCUT2D eigenvalue weighted by atomic mass is 16.6. The summed E-state index contributed by atoms with van der Waals surface area (Å²) in [5.41, 5.74) is 1.03. The molecule has 0 radical (unpaired) electrons. The van der Waals surface area contributed by atoms with E-state index in [0.717, 1.165) is 0 Å². The molecular formula is C18H17N3O5. The molecule has 8 nitrogen and oxygen atoms in total. The molecule has 1 heterocycles. The Kier molecular flexibility index (Phi) is 4.83. The molecule has 1 atom stereocenters. The van der Waals surface area contributed by atoms with Crippen LogP contribution in [0.3, 0.4) is 0 Å². The molecule has 1 fully saturated rings. The number of hydrogen-bond donors (Lipinski definition) is 1. The molecule has 1 aliphatic heterocycles. The molecule has 1 aliphatic rings. The van der Waals surface area contributed by atoms with E-state index in [1.165, 1.54) is 36.3 Å². The molecule has 0 saturated carbocycles. The number of carbonyl (C=O) groups excluding carboxylic acids is 2. The van der Waals surface area contributed by atoms with Crippen molar-refractivity contribution in [2.45, 2.75) is 6.42 Å². The SMILES string of the molecule is COc1ccccc1NC(=O)[C@@H]1CC(=O)N(c2ccc([N+](=O)[O-])cc2)C1. The fourth-order valence-corrected chi connectivity index (χ4v) is 2.87. The van der Waals surface area contributed by atoms with Gasteiger partial charge in [0.1, 0.15) is 5.75 Å². The first-order chi connectivity index (χ1) is 12.5. The van der Waals surface area contributed by atoms with Gasteiger partial charge < -0.3 is 15.0 Å². The number of carbonyl (C=O) groups is 2. The van der Waals surface area contributed by atoms with Crippen LogP contribution in [0.2, 0.25) is 0 Å². The van der Waals surface area contributed by atoms with Gasteiger partial charge in [-0.15, -0.1) is 0 Å². The lowest BCUT2D eigenvalue weighted by Gasteiger charge is -2.17. The van der Waals surface area contributed by atoms with E-state index in [0.29, 0.717) is 17.1 Å². The van der Waals surface area contributed by atoms with Crippen molar-refractivity contribution in [1.82, 2.24) is 0 Å². The van der Waals surface area contributed by atoms with Gasteiger partial charge in [0.15, 0.2) is 0 Å². The molecule has 2 aromatic carbocycles. The summed E-state index contributed by atoms with van der Waals surface area (Å²) in [6.45, 7) is 0.220. The van der Waals surface area contributed by atoms with Crippen LogP contribution in [-0.2, 0) is 9.59 Å². The number of nitrogens with one attached hydrogen (secondary N) is 1. The van der Waals surface area contributed by atoms with Gasteiger partial charge in [-0.1, -0.05) is 12.1 Å². The summed E-state index contributed by atoms with van der Waals surface area (Å²) in [6, 6.07) is 12.7. The van der Waals surface area contributed by atoms with Gasteiger partial charge >= 0.3 is 0 Å². The monoisotopic (exact) mass is 355 g/mol. The Morgan fingerprint density at radius 2 is 1.92 bits per heavy atom. The zero-order valence-corrected chi connectivity index (χ0v) is 14.0. The van der Waals surface area contributed by atoms with Crippen LogP contribution in [0.4, 0.5) is 17.1 Å². The summed E-state index contributed by atoms with van der Waals surface area (Å²) < 4.78 is 5.20. The number of nitro benzene ring substituents is 1. The molecule has 2 amide bonds. The van der Waals surface area contributed by atoms with Crippen molar-refractivity contribution in [2.24, 2.45) is 5.92 Å². The van der Waals surface area contributed by atoms with Crippen LogP contribution in [0.1, 0.15) is 6.42 Å². The molecule has 26 heavy (non-hydrogen) atoms. The molecule has 2 aromatic rings. The Labute approximate surface area is 149 Å². The highest BCUT2D eigenvalue weighted by molar-refractivity contribution is 6.03. The maximum absolute atomic E-state index is 12.5. The zero-order valence-electron chi connectivity index (χ0n) is 14.0. The van der Waals surface area contributed by atoms with Gasteiger partial charge in [0.2, 0.25) is 11.8 Å². The molecule has 8 heteroatoms. The van der Waals surface area contributed by atoms with E-state index in [2.05, 4.69) is 5.32 Å². The van der Waals surface area contributed by atoms with Gasteiger partial charge in [-0.05, 0) is 24.3 Å². The van der Waals surface area contributed by atoms with Crippen molar-refractivity contribution in [3.05, 3.63) is 58.6 Å². The van der Waals surface area contributed by atoms with E-state index < -0.39 is 10.8 Å². The molecule has 0 bridgehead atoms. The average Bonchev–Trinajstić information content (AvgIpc) is 3.04. The minimum atomic E-state index is -0.511. The van der Waals surface area contributed by atoms with Gasteiger partial charge in [-0.3, -0.25) is 19.7 Å². The Morgan fingerprint density at radius 3 is 2.58 bits per heavy atom. The fourth-order valence-electron chi connectivity index (χ4n) is 2.87. The van der Waals surface area contributed by atoms with Crippen LogP contribution in [0.5, 0.6) is 5.75 Å². The van der Waals surface area contributed by atoms with Crippen molar-refractivity contribution in [2.75, 3.05) is 23.9 Å². The lowest BCUT2D eigenvalue weighted by atomic mass is 10.1. The average molecular weight is 355 g/mol. The third-order valence-corrected chi connectivity index (χ3v) is 4.23. The smallest absolute Gasteiger partial charge is 0.269 e. The molecule has 1 N–H and O–H groups in total. The van der Waals surface area contributed by atoms with E-state index in [-0.39, 0.29) is 30.5 Å². The zero-order chi connectivity index (χ0) is 18.7. The molecular weight excluding hydrogens is 338 g/mol. The Morgan fingerprint density at radius 1 is 1.23 bits per heavy atom. The summed E-state index contributed by atoms with van der Waals surface area (Å²) >= 11 is 0.